The van der Waals surface area contributed by atoms with E-state index < -0.39 is 15.6 Å². The standard InChI is InChI=1S/C7H7ClO4S.Na/c8-6-3-1-2-5(4-6)7(9)13(10,11)12;/h1-4,7,9H,(H,10,11,12);. The maximum Gasteiger partial charge on any atom is 0.296 e. The van der Waals surface area contributed by atoms with E-state index in [0.717, 1.165) is 0 Å². The number of aliphatic hydroxyl groups is 1. The summed E-state index contributed by atoms with van der Waals surface area (Å²) in [5.41, 5.74) is -1.90. The largest absolute Gasteiger partial charge is 0.371 e. The van der Waals surface area contributed by atoms with Crippen molar-refractivity contribution in [1.29, 1.82) is 0 Å². The number of benzene rings is 1. The van der Waals surface area contributed by atoms with E-state index in [-0.39, 0.29) is 35.1 Å². The summed E-state index contributed by atoms with van der Waals surface area (Å²) in [5, 5.41) is 9.38. The molecule has 0 saturated heterocycles. The van der Waals surface area contributed by atoms with Crippen LogP contribution in [0.3, 0.4) is 0 Å². The molecule has 0 amide bonds. The van der Waals surface area contributed by atoms with Gasteiger partial charge in [0.15, 0.2) is 0 Å². The van der Waals surface area contributed by atoms with Crippen molar-refractivity contribution < 1.29 is 18.1 Å². The van der Waals surface area contributed by atoms with Gasteiger partial charge in [0, 0.05) is 34.6 Å². The Hall–Kier alpha value is 0.380. The molecule has 7 heteroatoms. The molecule has 1 aromatic carbocycles. The molecular formula is C7H7ClNaO4S. The van der Waals surface area contributed by atoms with Gasteiger partial charge < -0.3 is 5.11 Å². The molecule has 0 fully saturated rings. The summed E-state index contributed by atoms with van der Waals surface area (Å²) >= 11 is 5.55. The fourth-order valence-electron chi connectivity index (χ4n) is 0.832. The first kappa shape index (κ1) is 14.4. The molecule has 73 valence electrons. The summed E-state index contributed by atoms with van der Waals surface area (Å²) in [7, 11) is -4.48. The number of rotatable bonds is 2. The van der Waals surface area contributed by atoms with Crippen molar-refractivity contribution in [1.82, 2.24) is 0 Å². The molecule has 14 heavy (non-hydrogen) atoms. The van der Waals surface area contributed by atoms with Crippen LogP contribution >= 0.6 is 11.6 Å². The second-order valence-electron chi connectivity index (χ2n) is 2.42. The van der Waals surface area contributed by atoms with Crippen LogP contribution in [0.5, 0.6) is 0 Å². The van der Waals surface area contributed by atoms with Crippen LogP contribution < -0.4 is 0 Å². The molecular weight excluding hydrogens is 239 g/mol. The Kier molecular flexibility index (Phi) is 5.61. The summed E-state index contributed by atoms with van der Waals surface area (Å²) in [6.07, 6.45) is 0. The third-order valence-corrected chi connectivity index (χ3v) is 2.49. The predicted octanol–water partition coefficient (Wildman–Crippen LogP) is 0.838. The second-order valence-corrected chi connectivity index (χ2v) is 4.34. The van der Waals surface area contributed by atoms with Crippen molar-refractivity contribution in [3.63, 3.8) is 0 Å². The second kappa shape index (κ2) is 5.46. The van der Waals surface area contributed by atoms with E-state index >= 15 is 0 Å². The minimum absolute atomic E-state index is 0. The van der Waals surface area contributed by atoms with E-state index in [2.05, 4.69) is 0 Å². The molecule has 1 unspecified atom stereocenters. The summed E-state index contributed by atoms with van der Waals surface area (Å²) in [6.45, 7) is 0. The van der Waals surface area contributed by atoms with E-state index in [9.17, 15) is 8.42 Å². The van der Waals surface area contributed by atoms with Crippen LogP contribution in [0, 0.1) is 0 Å². The van der Waals surface area contributed by atoms with Crippen LogP contribution in [0.25, 0.3) is 0 Å². The van der Waals surface area contributed by atoms with Crippen molar-refractivity contribution in [3.05, 3.63) is 34.9 Å². The topological polar surface area (TPSA) is 74.6 Å². The van der Waals surface area contributed by atoms with Gasteiger partial charge in [0.2, 0.25) is 5.44 Å². The molecule has 2 N–H and O–H groups in total. The van der Waals surface area contributed by atoms with Crippen LogP contribution in [0.2, 0.25) is 5.02 Å². The molecule has 0 bridgehead atoms. The minimum atomic E-state index is -4.48. The SMILES string of the molecule is O=S(=O)(O)C(O)c1cccc(Cl)c1.[Na]. The number of aliphatic hydroxyl groups excluding tert-OH is 1. The summed E-state index contributed by atoms with van der Waals surface area (Å²) in [4.78, 5) is 0. The third-order valence-electron chi connectivity index (χ3n) is 1.42. The normalized spacial score (nSPS) is 13.1. The van der Waals surface area contributed by atoms with Gasteiger partial charge in [0.05, 0.1) is 0 Å². The van der Waals surface area contributed by atoms with Crippen LogP contribution in [-0.2, 0) is 10.1 Å². The van der Waals surface area contributed by atoms with Crippen LogP contribution in [-0.4, -0.2) is 47.6 Å². The summed E-state index contributed by atoms with van der Waals surface area (Å²) < 4.78 is 29.5. The van der Waals surface area contributed by atoms with Crippen molar-refractivity contribution in [2.75, 3.05) is 0 Å². The van der Waals surface area contributed by atoms with Gasteiger partial charge in [0.1, 0.15) is 0 Å². The van der Waals surface area contributed by atoms with Gasteiger partial charge in [-0.1, -0.05) is 23.7 Å². The van der Waals surface area contributed by atoms with E-state index in [4.69, 9.17) is 21.3 Å². The van der Waals surface area contributed by atoms with Gasteiger partial charge >= 0.3 is 0 Å². The predicted molar refractivity (Wildman–Crippen MR) is 53.7 cm³/mol. The van der Waals surface area contributed by atoms with Gasteiger partial charge in [0.25, 0.3) is 10.1 Å². The number of halogens is 1. The van der Waals surface area contributed by atoms with Crippen molar-refractivity contribution in [2.24, 2.45) is 0 Å². The zero-order chi connectivity index (χ0) is 10.1. The summed E-state index contributed by atoms with van der Waals surface area (Å²) in [5.74, 6) is 0. The molecule has 4 nitrogen and oxygen atoms in total. The fourth-order valence-corrected chi connectivity index (χ4v) is 1.52. The molecule has 0 saturated carbocycles. The molecule has 1 atom stereocenters. The van der Waals surface area contributed by atoms with Gasteiger partial charge in [-0.15, -0.1) is 0 Å². The Bertz CT molecular complexity index is 406. The van der Waals surface area contributed by atoms with Crippen LogP contribution in [0.15, 0.2) is 24.3 Å². The average Bonchev–Trinajstić information content (AvgIpc) is 2.01. The van der Waals surface area contributed by atoms with Crippen molar-refractivity contribution >= 4 is 51.3 Å². The minimum Gasteiger partial charge on any atom is -0.371 e. The Morgan fingerprint density at radius 1 is 1.36 bits per heavy atom. The molecule has 0 spiro atoms. The zero-order valence-corrected chi connectivity index (χ0v) is 11.0. The number of hydrogen-bond donors (Lipinski definition) is 2. The Morgan fingerprint density at radius 2 is 1.93 bits per heavy atom. The molecule has 0 heterocycles. The monoisotopic (exact) mass is 245 g/mol. The third kappa shape index (κ3) is 3.86. The van der Waals surface area contributed by atoms with Crippen LogP contribution in [0.4, 0.5) is 0 Å². The summed E-state index contributed by atoms with van der Waals surface area (Å²) in [6, 6.07) is 5.62. The number of hydrogen-bond acceptors (Lipinski definition) is 3. The molecule has 1 rings (SSSR count). The van der Waals surface area contributed by atoms with E-state index in [1.165, 1.54) is 24.3 Å². The zero-order valence-electron chi connectivity index (χ0n) is 7.38. The smallest absolute Gasteiger partial charge is 0.296 e. The van der Waals surface area contributed by atoms with E-state index in [1.54, 1.807) is 0 Å². The van der Waals surface area contributed by atoms with Gasteiger partial charge in [-0.2, -0.15) is 8.42 Å². The maximum absolute atomic E-state index is 10.5. The van der Waals surface area contributed by atoms with E-state index in [0.29, 0.717) is 5.02 Å². The first-order valence-electron chi connectivity index (χ1n) is 3.31. The van der Waals surface area contributed by atoms with E-state index in [1.807, 2.05) is 0 Å². The molecule has 1 radical (unpaired) electrons. The van der Waals surface area contributed by atoms with Gasteiger partial charge in [-0.3, -0.25) is 4.55 Å². The fraction of sp³-hybridized carbons (Fsp3) is 0.143. The average molecular weight is 246 g/mol. The first-order chi connectivity index (χ1) is 5.91. The Morgan fingerprint density at radius 3 is 2.36 bits per heavy atom. The molecule has 0 aliphatic rings. The molecule has 0 aromatic heterocycles. The van der Waals surface area contributed by atoms with Crippen molar-refractivity contribution in [3.8, 4) is 0 Å². The quantitative estimate of drug-likeness (QED) is 0.598. The Labute approximate surface area is 109 Å². The molecule has 0 aliphatic heterocycles. The molecule has 1 aromatic rings. The van der Waals surface area contributed by atoms with Crippen molar-refractivity contribution in [2.45, 2.75) is 5.44 Å². The first-order valence-corrected chi connectivity index (χ1v) is 5.19. The van der Waals surface area contributed by atoms with Crippen LogP contribution in [0.1, 0.15) is 11.0 Å². The molecule has 0 aliphatic carbocycles. The maximum atomic E-state index is 10.5. The Balaban J connectivity index is 0.00000169. The van der Waals surface area contributed by atoms with Gasteiger partial charge in [-0.05, 0) is 17.7 Å². The van der Waals surface area contributed by atoms with Gasteiger partial charge in [-0.25, -0.2) is 0 Å².